The number of anilines is 1. The Morgan fingerprint density at radius 2 is 1.86 bits per heavy atom. The fourth-order valence-electron chi connectivity index (χ4n) is 2.76. The minimum Gasteiger partial charge on any atom is -0.872 e. The molecule has 0 radical (unpaired) electrons. The molecule has 0 atom stereocenters. The largest absolute Gasteiger partial charge is 0.872 e. The maximum atomic E-state index is 13.1. The number of alkyl halides is 3. The van der Waals surface area contributed by atoms with E-state index >= 15 is 0 Å². The van der Waals surface area contributed by atoms with Gasteiger partial charge in [0.05, 0.1) is 35.1 Å². The molecule has 148 valence electrons. The lowest BCUT2D eigenvalue weighted by molar-refractivity contribution is -0.385. The van der Waals surface area contributed by atoms with E-state index in [1.165, 1.54) is 6.07 Å². The molecule has 0 bridgehead atoms. The number of nitro benzene ring substituents is 1. The zero-order valence-corrected chi connectivity index (χ0v) is 14.5. The van der Waals surface area contributed by atoms with Crippen molar-refractivity contribution < 1.29 is 27.9 Å². The molecule has 1 fully saturated rings. The van der Waals surface area contributed by atoms with E-state index in [1.807, 2.05) is 4.90 Å². The molecule has 0 unspecified atom stereocenters. The van der Waals surface area contributed by atoms with Crippen LogP contribution in [-0.2, 0) is 10.9 Å². The van der Waals surface area contributed by atoms with Crippen LogP contribution in [0.25, 0.3) is 0 Å². The molecule has 0 spiro atoms. The third-order valence-corrected chi connectivity index (χ3v) is 4.20. The van der Waals surface area contributed by atoms with E-state index in [0.29, 0.717) is 32.0 Å². The minimum absolute atomic E-state index is 0.0163. The van der Waals surface area contributed by atoms with Gasteiger partial charge < -0.3 is 14.7 Å². The summed E-state index contributed by atoms with van der Waals surface area (Å²) in [6, 6.07) is 6.30. The van der Waals surface area contributed by atoms with Crippen molar-refractivity contribution in [3.63, 3.8) is 0 Å². The van der Waals surface area contributed by atoms with E-state index in [0.717, 1.165) is 36.5 Å². The van der Waals surface area contributed by atoms with Crippen molar-refractivity contribution in [1.29, 1.82) is 0 Å². The first-order valence-electron chi connectivity index (χ1n) is 8.29. The van der Waals surface area contributed by atoms with Crippen LogP contribution in [0, 0.1) is 10.1 Å². The lowest BCUT2D eigenvalue weighted by atomic mass is 10.1. The van der Waals surface area contributed by atoms with Crippen LogP contribution in [0.5, 0.6) is 5.75 Å². The van der Waals surface area contributed by atoms with Crippen molar-refractivity contribution in [2.24, 2.45) is 4.99 Å². The maximum absolute atomic E-state index is 13.1. The predicted molar refractivity (Wildman–Crippen MR) is 94.3 cm³/mol. The average molecular weight is 394 g/mol. The Morgan fingerprint density at radius 1 is 1.14 bits per heavy atom. The Hall–Kier alpha value is -3.14. The van der Waals surface area contributed by atoms with E-state index in [-0.39, 0.29) is 16.9 Å². The standard InChI is InChI=1S/C18H16F3N3O4/c19-18(20,21)13-1-3-16(23-5-7-28-8-6-23)15(10-13)22-11-12-9-14(24(26)27)2-4-17(12)25/h1-4,9-11,25H,5-8H2/p-1. The van der Waals surface area contributed by atoms with Gasteiger partial charge in [-0.2, -0.15) is 13.2 Å². The molecule has 0 saturated carbocycles. The monoisotopic (exact) mass is 394 g/mol. The minimum atomic E-state index is -4.55. The molecular formula is C18H15F3N3O4-. The Labute approximate surface area is 157 Å². The van der Waals surface area contributed by atoms with Gasteiger partial charge in [-0.1, -0.05) is 11.8 Å². The molecule has 0 N–H and O–H groups in total. The van der Waals surface area contributed by atoms with Crippen molar-refractivity contribution in [3.8, 4) is 5.75 Å². The second kappa shape index (κ2) is 7.85. The molecule has 2 aromatic rings. The van der Waals surface area contributed by atoms with E-state index in [2.05, 4.69) is 4.99 Å². The highest BCUT2D eigenvalue weighted by Crippen LogP contribution is 2.37. The molecule has 1 saturated heterocycles. The van der Waals surface area contributed by atoms with E-state index < -0.39 is 22.4 Å². The van der Waals surface area contributed by atoms with Gasteiger partial charge in [0, 0.05) is 31.4 Å². The molecule has 3 rings (SSSR count). The van der Waals surface area contributed by atoms with Gasteiger partial charge in [0.2, 0.25) is 0 Å². The molecule has 1 aliphatic heterocycles. The van der Waals surface area contributed by atoms with E-state index in [4.69, 9.17) is 4.74 Å². The predicted octanol–water partition coefficient (Wildman–Crippen LogP) is 3.27. The molecule has 7 nitrogen and oxygen atoms in total. The fraction of sp³-hybridized carbons (Fsp3) is 0.278. The fourth-order valence-corrected chi connectivity index (χ4v) is 2.76. The molecule has 2 aromatic carbocycles. The zero-order valence-electron chi connectivity index (χ0n) is 14.5. The number of ether oxygens (including phenoxy) is 1. The Balaban J connectivity index is 2.02. The van der Waals surface area contributed by atoms with Crippen LogP contribution < -0.4 is 10.0 Å². The number of morpholine rings is 1. The number of hydrogen-bond donors (Lipinski definition) is 0. The Morgan fingerprint density at radius 3 is 2.50 bits per heavy atom. The molecule has 10 heteroatoms. The normalized spacial score (nSPS) is 15.2. The Bertz CT molecular complexity index is 909. The van der Waals surface area contributed by atoms with Gasteiger partial charge >= 0.3 is 6.18 Å². The van der Waals surface area contributed by atoms with Crippen molar-refractivity contribution in [1.82, 2.24) is 0 Å². The van der Waals surface area contributed by atoms with Gasteiger partial charge in [-0.15, -0.1) is 0 Å². The van der Waals surface area contributed by atoms with Crippen LogP contribution in [0.1, 0.15) is 11.1 Å². The first-order valence-corrected chi connectivity index (χ1v) is 8.29. The molecule has 0 amide bonds. The summed E-state index contributed by atoms with van der Waals surface area (Å²) < 4.78 is 44.6. The highest BCUT2D eigenvalue weighted by molar-refractivity contribution is 5.88. The van der Waals surface area contributed by atoms with Crippen LogP contribution in [-0.4, -0.2) is 37.4 Å². The van der Waals surface area contributed by atoms with Crippen molar-refractivity contribution in [2.45, 2.75) is 6.18 Å². The van der Waals surface area contributed by atoms with Gasteiger partial charge in [0.15, 0.2) is 0 Å². The van der Waals surface area contributed by atoms with Crippen molar-refractivity contribution in [3.05, 3.63) is 57.6 Å². The number of non-ortho nitro benzene ring substituents is 1. The highest BCUT2D eigenvalue weighted by Gasteiger charge is 2.31. The summed E-state index contributed by atoms with van der Waals surface area (Å²) in [5, 5.41) is 22.8. The van der Waals surface area contributed by atoms with E-state index in [9.17, 15) is 28.4 Å². The summed E-state index contributed by atoms with van der Waals surface area (Å²) in [7, 11) is 0. The number of nitrogens with zero attached hydrogens (tertiary/aromatic N) is 3. The maximum Gasteiger partial charge on any atom is 0.416 e. The van der Waals surface area contributed by atoms with Gasteiger partial charge in [0.25, 0.3) is 5.69 Å². The third kappa shape index (κ3) is 4.39. The topological polar surface area (TPSA) is 91.0 Å². The molecular weight excluding hydrogens is 379 g/mol. The number of hydrogen-bond acceptors (Lipinski definition) is 6. The second-order valence-electron chi connectivity index (χ2n) is 6.04. The van der Waals surface area contributed by atoms with Gasteiger partial charge in [-0.05, 0) is 23.8 Å². The van der Waals surface area contributed by atoms with Gasteiger partial charge in [-0.25, -0.2) is 0 Å². The van der Waals surface area contributed by atoms with Gasteiger partial charge in [0.1, 0.15) is 0 Å². The van der Waals surface area contributed by atoms with Crippen LogP contribution in [0.2, 0.25) is 0 Å². The van der Waals surface area contributed by atoms with Crippen molar-refractivity contribution in [2.75, 3.05) is 31.2 Å². The highest BCUT2D eigenvalue weighted by atomic mass is 19.4. The second-order valence-corrected chi connectivity index (χ2v) is 6.04. The Kier molecular flexibility index (Phi) is 5.50. The molecule has 1 aliphatic rings. The van der Waals surface area contributed by atoms with Crippen LogP contribution >= 0.6 is 0 Å². The number of halogens is 3. The number of rotatable bonds is 4. The summed E-state index contributed by atoms with van der Waals surface area (Å²) in [5.74, 6) is -0.519. The quantitative estimate of drug-likeness (QED) is 0.451. The SMILES string of the molecule is O=[N+]([O-])c1ccc([O-])c(C=Nc2cc(C(F)(F)F)ccc2N2CCOCC2)c1. The average Bonchev–Trinajstić information content (AvgIpc) is 2.67. The summed E-state index contributed by atoms with van der Waals surface area (Å²) in [4.78, 5) is 16.1. The lowest BCUT2D eigenvalue weighted by Gasteiger charge is -2.30. The lowest BCUT2D eigenvalue weighted by Crippen LogP contribution is -2.36. The smallest absolute Gasteiger partial charge is 0.416 e. The van der Waals surface area contributed by atoms with Crippen LogP contribution in [0.3, 0.4) is 0 Å². The first kappa shape index (κ1) is 19.6. The van der Waals surface area contributed by atoms with Gasteiger partial charge in [-0.3, -0.25) is 15.1 Å². The van der Waals surface area contributed by atoms with E-state index in [1.54, 1.807) is 0 Å². The summed E-state index contributed by atoms with van der Waals surface area (Å²) in [5.41, 5.74) is -0.788. The number of benzene rings is 2. The zero-order chi connectivity index (χ0) is 20.3. The first-order chi connectivity index (χ1) is 13.3. The molecule has 1 heterocycles. The van der Waals surface area contributed by atoms with Crippen molar-refractivity contribution >= 4 is 23.3 Å². The molecule has 0 aliphatic carbocycles. The number of aliphatic imine (C=N–C) groups is 1. The summed E-state index contributed by atoms with van der Waals surface area (Å²) in [6.45, 7) is 1.83. The molecule has 28 heavy (non-hydrogen) atoms. The number of nitro groups is 1. The summed E-state index contributed by atoms with van der Waals surface area (Å²) in [6.07, 6.45) is -3.50. The summed E-state index contributed by atoms with van der Waals surface area (Å²) >= 11 is 0. The van der Waals surface area contributed by atoms with Crippen LogP contribution in [0.15, 0.2) is 41.4 Å². The third-order valence-electron chi connectivity index (χ3n) is 4.20. The van der Waals surface area contributed by atoms with Crippen LogP contribution in [0.4, 0.5) is 30.2 Å². The molecule has 0 aromatic heterocycles.